The molecule has 3 aromatic rings. The lowest BCUT2D eigenvalue weighted by Gasteiger charge is -2.37. The van der Waals surface area contributed by atoms with Gasteiger partial charge in [-0.2, -0.15) is 0 Å². The van der Waals surface area contributed by atoms with Crippen molar-refractivity contribution in [1.29, 1.82) is 0 Å². The van der Waals surface area contributed by atoms with E-state index in [0.29, 0.717) is 29.6 Å². The number of pyridine rings is 1. The highest BCUT2D eigenvalue weighted by Gasteiger charge is 2.27. The number of rotatable bonds is 4. The van der Waals surface area contributed by atoms with Crippen LogP contribution in [0.15, 0.2) is 63.2 Å². The second-order valence-electron chi connectivity index (χ2n) is 8.60. The molecule has 0 bridgehead atoms. The number of hydrogen-bond donors (Lipinski definition) is 0. The summed E-state index contributed by atoms with van der Waals surface area (Å²) in [6.45, 7) is 8.14. The van der Waals surface area contributed by atoms with E-state index < -0.39 is 21.1 Å². The maximum Gasteiger partial charge on any atom is 0.211 e. The van der Waals surface area contributed by atoms with E-state index in [-0.39, 0.29) is 15.2 Å². The van der Waals surface area contributed by atoms with Gasteiger partial charge in [0.05, 0.1) is 21.5 Å². The Morgan fingerprint density at radius 2 is 1.71 bits per heavy atom. The topological polar surface area (TPSA) is 59.4 Å². The van der Waals surface area contributed by atoms with Crippen LogP contribution in [-0.2, 0) is 16.4 Å². The summed E-state index contributed by atoms with van der Waals surface area (Å²) in [7, 11) is -4.02. The summed E-state index contributed by atoms with van der Waals surface area (Å²) < 4.78 is 43.1. The van der Waals surface area contributed by atoms with Gasteiger partial charge in [0.1, 0.15) is 10.7 Å². The zero-order valence-electron chi connectivity index (χ0n) is 18.0. The van der Waals surface area contributed by atoms with Gasteiger partial charge in [0.25, 0.3) is 0 Å². The number of sulfone groups is 1. The van der Waals surface area contributed by atoms with Crippen LogP contribution in [0.3, 0.4) is 0 Å². The summed E-state index contributed by atoms with van der Waals surface area (Å²) in [5.74, 6) is 0.402. The summed E-state index contributed by atoms with van der Waals surface area (Å²) in [5.41, 5.74) is 0.336. The van der Waals surface area contributed by atoms with Crippen molar-refractivity contribution in [3.8, 4) is 0 Å². The van der Waals surface area contributed by atoms with Crippen LogP contribution >= 0.6 is 0 Å². The van der Waals surface area contributed by atoms with Gasteiger partial charge in [-0.25, -0.2) is 12.8 Å². The standard InChI is InChI=1S/C24H27FN2O3S/c1-4-26-15-23(31(29,30)18-8-6-5-7-9-18)24(28)19-11-20(25)22(12-21(19)26)27-13-16(2)10-17(3)14-27/h5-9,11-12,15-17H,4,10,13-14H2,1-3H3/t16-,17+. The smallest absolute Gasteiger partial charge is 0.211 e. The fraction of sp³-hybridized carbons (Fsp3) is 0.375. The molecule has 0 saturated carbocycles. The number of anilines is 1. The monoisotopic (exact) mass is 442 g/mol. The highest BCUT2D eigenvalue weighted by atomic mass is 32.2. The van der Waals surface area contributed by atoms with Crippen molar-refractivity contribution in [2.45, 2.75) is 43.5 Å². The van der Waals surface area contributed by atoms with E-state index in [9.17, 15) is 13.2 Å². The number of piperidine rings is 1. The van der Waals surface area contributed by atoms with E-state index >= 15 is 4.39 Å². The van der Waals surface area contributed by atoms with Crippen LogP contribution in [0, 0.1) is 17.7 Å². The summed E-state index contributed by atoms with van der Waals surface area (Å²) in [5, 5.41) is 0.0817. The molecule has 2 heterocycles. The Morgan fingerprint density at radius 3 is 2.32 bits per heavy atom. The van der Waals surface area contributed by atoms with Crippen molar-refractivity contribution in [1.82, 2.24) is 4.57 Å². The predicted octanol–water partition coefficient (Wildman–Crippen LogP) is 4.48. The zero-order chi connectivity index (χ0) is 22.3. The van der Waals surface area contributed by atoms with E-state index in [1.807, 2.05) is 11.8 Å². The highest BCUT2D eigenvalue weighted by molar-refractivity contribution is 7.91. The van der Waals surface area contributed by atoms with Crippen molar-refractivity contribution in [3.05, 3.63) is 64.7 Å². The second kappa shape index (κ2) is 8.11. The van der Waals surface area contributed by atoms with E-state index in [4.69, 9.17) is 0 Å². The molecule has 31 heavy (non-hydrogen) atoms. The van der Waals surface area contributed by atoms with Crippen LogP contribution in [0.5, 0.6) is 0 Å². The molecule has 0 N–H and O–H groups in total. The molecule has 0 aliphatic carbocycles. The molecule has 0 radical (unpaired) electrons. The Labute approximate surface area is 182 Å². The molecule has 4 rings (SSSR count). The van der Waals surface area contributed by atoms with Crippen LogP contribution in [0.2, 0.25) is 0 Å². The number of halogens is 1. The largest absolute Gasteiger partial charge is 0.369 e. The van der Waals surface area contributed by atoms with Crippen LogP contribution < -0.4 is 10.3 Å². The lowest BCUT2D eigenvalue weighted by atomic mass is 9.91. The number of aryl methyl sites for hydroxylation is 1. The van der Waals surface area contributed by atoms with Crippen molar-refractivity contribution < 1.29 is 12.8 Å². The van der Waals surface area contributed by atoms with Crippen LogP contribution in [0.1, 0.15) is 27.2 Å². The molecule has 0 spiro atoms. The third-order valence-corrected chi connectivity index (χ3v) is 7.77. The van der Waals surface area contributed by atoms with Gasteiger partial charge < -0.3 is 9.47 Å². The Morgan fingerprint density at radius 1 is 1.06 bits per heavy atom. The Hall–Kier alpha value is -2.67. The molecule has 1 aliphatic heterocycles. The third kappa shape index (κ3) is 3.87. The number of benzene rings is 2. The summed E-state index contributed by atoms with van der Waals surface area (Å²) in [4.78, 5) is 14.9. The zero-order valence-corrected chi connectivity index (χ0v) is 18.8. The van der Waals surface area contributed by atoms with E-state index in [1.54, 1.807) is 28.8 Å². The van der Waals surface area contributed by atoms with Gasteiger partial charge in [0.15, 0.2) is 0 Å². The average Bonchev–Trinajstić information content (AvgIpc) is 2.73. The molecule has 1 aliphatic rings. The van der Waals surface area contributed by atoms with Gasteiger partial charge in [-0.05, 0) is 49.4 Å². The Kier molecular flexibility index (Phi) is 5.64. The predicted molar refractivity (Wildman–Crippen MR) is 121 cm³/mol. The minimum absolute atomic E-state index is 0.0440. The Balaban J connectivity index is 1.91. The van der Waals surface area contributed by atoms with Crippen LogP contribution in [0.4, 0.5) is 10.1 Å². The molecule has 0 amide bonds. The summed E-state index contributed by atoms with van der Waals surface area (Å²) >= 11 is 0. The molecular weight excluding hydrogens is 415 g/mol. The molecule has 1 saturated heterocycles. The van der Waals surface area contributed by atoms with Crippen molar-refractivity contribution in [2.24, 2.45) is 11.8 Å². The molecule has 5 nitrogen and oxygen atoms in total. The maximum absolute atomic E-state index is 15.2. The fourth-order valence-corrected chi connectivity index (χ4v) is 6.04. The van der Waals surface area contributed by atoms with Gasteiger partial charge in [-0.15, -0.1) is 0 Å². The first-order valence-corrected chi connectivity index (χ1v) is 12.1. The quantitative estimate of drug-likeness (QED) is 0.598. The van der Waals surface area contributed by atoms with Gasteiger partial charge >= 0.3 is 0 Å². The minimum Gasteiger partial charge on any atom is -0.369 e. The van der Waals surface area contributed by atoms with E-state index in [1.165, 1.54) is 24.4 Å². The van der Waals surface area contributed by atoms with E-state index in [0.717, 1.165) is 19.5 Å². The molecule has 2 atom stereocenters. The molecular formula is C24H27FN2O3S. The molecule has 2 aromatic carbocycles. The maximum atomic E-state index is 15.2. The van der Waals surface area contributed by atoms with Crippen LogP contribution in [0.25, 0.3) is 10.9 Å². The van der Waals surface area contributed by atoms with Crippen molar-refractivity contribution in [2.75, 3.05) is 18.0 Å². The highest BCUT2D eigenvalue weighted by Crippen LogP contribution is 2.31. The molecule has 1 fully saturated rings. The minimum atomic E-state index is -4.02. The SMILES string of the molecule is CCn1cc(S(=O)(=O)c2ccccc2)c(=O)c2cc(F)c(N3C[C@H](C)C[C@H](C)C3)cc21. The first-order valence-electron chi connectivity index (χ1n) is 10.6. The number of nitrogens with zero attached hydrogens (tertiary/aromatic N) is 2. The summed E-state index contributed by atoms with van der Waals surface area (Å²) in [6, 6.07) is 10.7. The Bertz CT molecular complexity index is 1280. The molecule has 7 heteroatoms. The van der Waals surface area contributed by atoms with E-state index in [2.05, 4.69) is 13.8 Å². The van der Waals surface area contributed by atoms with Crippen LogP contribution in [-0.4, -0.2) is 26.1 Å². The molecule has 164 valence electrons. The fourth-order valence-electron chi connectivity index (χ4n) is 4.65. The molecule has 0 unspecified atom stereocenters. The number of hydrogen-bond acceptors (Lipinski definition) is 4. The lowest BCUT2D eigenvalue weighted by Crippen LogP contribution is -2.39. The van der Waals surface area contributed by atoms with Crippen molar-refractivity contribution >= 4 is 26.4 Å². The van der Waals surface area contributed by atoms with Gasteiger partial charge in [0, 0.05) is 25.8 Å². The van der Waals surface area contributed by atoms with Crippen molar-refractivity contribution in [3.63, 3.8) is 0 Å². The third-order valence-electron chi connectivity index (χ3n) is 6.01. The lowest BCUT2D eigenvalue weighted by molar-refractivity contribution is 0.354. The first kappa shape index (κ1) is 21.6. The normalized spacial score (nSPS) is 19.7. The summed E-state index contributed by atoms with van der Waals surface area (Å²) in [6.07, 6.45) is 2.49. The van der Waals surface area contributed by atoms with Gasteiger partial charge in [0.2, 0.25) is 15.3 Å². The van der Waals surface area contributed by atoms with Gasteiger partial charge in [-0.3, -0.25) is 4.79 Å². The second-order valence-corrected chi connectivity index (χ2v) is 10.5. The van der Waals surface area contributed by atoms with Gasteiger partial charge in [-0.1, -0.05) is 32.0 Å². The number of fused-ring (bicyclic) bond motifs is 1. The number of aromatic nitrogens is 1. The first-order chi connectivity index (χ1) is 14.7. The molecule has 1 aromatic heterocycles. The average molecular weight is 443 g/mol.